The number of nitrogens with one attached hydrogen (secondary N) is 2. The number of amides is 2. The lowest BCUT2D eigenvalue weighted by atomic mass is 10.1. The molecule has 1 heterocycles. The van der Waals surface area contributed by atoms with E-state index in [9.17, 15) is 9.59 Å². The normalized spacial score (nSPS) is 13.1. The van der Waals surface area contributed by atoms with E-state index in [-0.39, 0.29) is 6.61 Å². The Morgan fingerprint density at radius 3 is 2.29 bits per heavy atom. The van der Waals surface area contributed by atoms with Crippen LogP contribution in [0.5, 0.6) is 11.5 Å². The standard InChI is InChI=1S/C28H31ClN4O5/c1-4-38-27(34)19-8-11-25(33-14-12-32(13-15-33)21-7-5-6-20(29)17-21)24(16-19)31-28(35)30-23-10-9-22(36-2)18-26(23)37-3/h5-11,16-18H,4,12-15H2,1-3H3,(H2,30,31,35). The van der Waals surface area contributed by atoms with Crippen molar-refractivity contribution in [3.05, 3.63) is 71.2 Å². The fourth-order valence-electron chi connectivity index (χ4n) is 4.31. The molecule has 1 fully saturated rings. The third-order valence-electron chi connectivity index (χ3n) is 6.21. The van der Waals surface area contributed by atoms with Gasteiger partial charge >= 0.3 is 12.0 Å². The van der Waals surface area contributed by atoms with Crippen LogP contribution in [-0.2, 0) is 4.74 Å². The summed E-state index contributed by atoms with van der Waals surface area (Å²) in [4.78, 5) is 29.9. The minimum atomic E-state index is -0.478. The number of rotatable bonds is 8. The minimum Gasteiger partial charge on any atom is -0.497 e. The van der Waals surface area contributed by atoms with Gasteiger partial charge in [-0.2, -0.15) is 0 Å². The number of esters is 1. The van der Waals surface area contributed by atoms with Crippen LogP contribution in [0.4, 0.5) is 27.5 Å². The molecule has 38 heavy (non-hydrogen) atoms. The first-order valence-corrected chi connectivity index (χ1v) is 12.7. The van der Waals surface area contributed by atoms with Crippen molar-refractivity contribution in [1.29, 1.82) is 0 Å². The van der Waals surface area contributed by atoms with E-state index in [2.05, 4.69) is 20.4 Å². The van der Waals surface area contributed by atoms with Crippen LogP contribution in [0, 0.1) is 0 Å². The van der Waals surface area contributed by atoms with Gasteiger partial charge in [0.05, 0.1) is 43.5 Å². The number of piperazine rings is 1. The molecule has 1 saturated heterocycles. The van der Waals surface area contributed by atoms with Gasteiger partial charge in [-0.25, -0.2) is 9.59 Å². The second-order valence-electron chi connectivity index (χ2n) is 8.55. The van der Waals surface area contributed by atoms with Crippen LogP contribution in [0.2, 0.25) is 5.02 Å². The fourth-order valence-corrected chi connectivity index (χ4v) is 4.49. The maximum absolute atomic E-state index is 13.1. The van der Waals surface area contributed by atoms with E-state index < -0.39 is 12.0 Å². The highest BCUT2D eigenvalue weighted by Crippen LogP contribution is 2.32. The highest BCUT2D eigenvalue weighted by Gasteiger charge is 2.22. The first kappa shape index (κ1) is 26.9. The van der Waals surface area contributed by atoms with Crippen molar-refractivity contribution in [1.82, 2.24) is 0 Å². The van der Waals surface area contributed by atoms with Crippen molar-refractivity contribution in [2.75, 3.05) is 67.4 Å². The zero-order valence-corrected chi connectivity index (χ0v) is 22.4. The molecule has 3 aromatic rings. The number of halogens is 1. The molecule has 200 valence electrons. The minimum absolute atomic E-state index is 0.257. The van der Waals surface area contributed by atoms with Gasteiger partial charge < -0.3 is 34.6 Å². The van der Waals surface area contributed by atoms with E-state index in [1.807, 2.05) is 30.3 Å². The number of hydrogen-bond donors (Lipinski definition) is 2. The van der Waals surface area contributed by atoms with Gasteiger partial charge in [0.1, 0.15) is 11.5 Å². The third-order valence-corrected chi connectivity index (χ3v) is 6.44. The smallest absolute Gasteiger partial charge is 0.338 e. The maximum Gasteiger partial charge on any atom is 0.338 e. The van der Waals surface area contributed by atoms with Gasteiger partial charge in [0.15, 0.2) is 0 Å². The largest absolute Gasteiger partial charge is 0.497 e. The van der Waals surface area contributed by atoms with Crippen LogP contribution in [0.3, 0.4) is 0 Å². The van der Waals surface area contributed by atoms with Crippen LogP contribution in [-0.4, -0.2) is 59.0 Å². The number of methoxy groups -OCH3 is 2. The first-order chi connectivity index (χ1) is 18.4. The summed E-state index contributed by atoms with van der Waals surface area (Å²) in [5, 5.41) is 6.42. The number of hydrogen-bond acceptors (Lipinski definition) is 7. The Labute approximate surface area is 227 Å². The Hall–Kier alpha value is -4.11. The van der Waals surface area contributed by atoms with E-state index in [0.717, 1.165) is 24.5 Å². The molecular formula is C28H31ClN4O5. The Morgan fingerprint density at radius 2 is 1.61 bits per heavy atom. The molecule has 0 saturated carbocycles. The second kappa shape index (κ2) is 12.4. The molecule has 0 bridgehead atoms. The summed E-state index contributed by atoms with van der Waals surface area (Å²) in [5.74, 6) is 0.608. The highest BCUT2D eigenvalue weighted by atomic mass is 35.5. The predicted molar refractivity (Wildman–Crippen MR) is 150 cm³/mol. The summed E-state index contributed by atoms with van der Waals surface area (Å²) in [5.41, 5.74) is 3.20. The fraction of sp³-hybridized carbons (Fsp3) is 0.286. The number of carbonyl (C=O) groups is 2. The number of carbonyl (C=O) groups excluding carboxylic acids is 2. The van der Waals surface area contributed by atoms with E-state index >= 15 is 0 Å². The SMILES string of the molecule is CCOC(=O)c1ccc(N2CCN(c3cccc(Cl)c3)CC2)c(NC(=O)Nc2ccc(OC)cc2OC)c1. The van der Waals surface area contributed by atoms with Crippen molar-refractivity contribution in [2.24, 2.45) is 0 Å². The van der Waals surface area contributed by atoms with E-state index in [0.29, 0.717) is 46.5 Å². The topological polar surface area (TPSA) is 92.4 Å². The van der Waals surface area contributed by atoms with E-state index in [1.54, 1.807) is 44.4 Å². The van der Waals surface area contributed by atoms with Crippen LogP contribution >= 0.6 is 11.6 Å². The van der Waals surface area contributed by atoms with Crippen molar-refractivity contribution in [2.45, 2.75) is 6.92 Å². The molecule has 0 atom stereocenters. The molecule has 1 aliphatic rings. The average molecular weight is 539 g/mol. The lowest BCUT2D eigenvalue weighted by molar-refractivity contribution is 0.0526. The summed E-state index contributed by atoms with van der Waals surface area (Å²) < 4.78 is 15.8. The van der Waals surface area contributed by atoms with Crippen molar-refractivity contribution >= 4 is 46.4 Å². The summed E-state index contributed by atoms with van der Waals surface area (Å²) in [6.45, 7) is 4.98. The molecule has 9 nitrogen and oxygen atoms in total. The van der Waals surface area contributed by atoms with Crippen LogP contribution in [0.1, 0.15) is 17.3 Å². The summed E-state index contributed by atoms with van der Waals surface area (Å²) in [7, 11) is 3.07. The first-order valence-electron chi connectivity index (χ1n) is 12.3. The lowest BCUT2D eigenvalue weighted by Crippen LogP contribution is -2.46. The van der Waals surface area contributed by atoms with E-state index in [4.69, 9.17) is 25.8 Å². The van der Waals surface area contributed by atoms with Gasteiger partial charge in [0.25, 0.3) is 0 Å². The molecule has 0 radical (unpaired) electrons. The highest BCUT2D eigenvalue weighted by molar-refractivity contribution is 6.30. The molecule has 0 unspecified atom stereocenters. The molecule has 10 heteroatoms. The zero-order valence-electron chi connectivity index (χ0n) is 21.6. The molecule has 3 aromatic carbocycles. The Morgan fingerprint density at radius 1 is 0.868 bits per heavy atom. The number of nitrogens with zero attached hydrogens (tertiary/aromatic N) is 2. The third kappa shape index (κ3) is 6.41. The summed E-state index contributed by atoms with van der Waals surface area (Å²) in [6.07, 6.45) is 0. The van der Waals surface area contributed by atoms with Crippen molar-refractivity contribution in [3.63, 3.8) is 0 Å². The molecule has 2 N–H and O–H groups in total. The van der Waals surface area contributed by atoms with Gasteiger partial charge in [-0.05, 0) is 55.5 Å². The quantitative estimate of drug-likeness (QED) is 0.366. The number of ether oxygens (including phenoxy) is 3. The van der Waals surface area contributed by atoms with Gasteiger partial charge in [-0.3, -0.25) is 0 Å². The van der Waals surface area contributed by atoms with Crippen LogP contribution < -0.4 is 29.9 Å². The van der Waals surface area contributed by atoms with Crippen molar-refractivity contribution < 1.29 is 23.8 Å². The van der Waals surface area contributed by atoms with E-state index in [1.165, 1.54) is 7.11 Å². The monoisotopic (exact) mass is 538 g/mol. The Kier molecular flexibility index (Phi) is 8.81. The lowest BCUT2D eigenvalue weighted by Gasteiger charge is -2.38. The van der Waals surface area contributed by atoms with Gasteiger partial charge in [0, 0.05) is 43.0 Å². The summed E-state index contributed by atoms with van der Waals surface area (Å²) in [6, 6.07) is 17.6. The molecule has 2 amide bonds. The number of benzene rings is 3. The zero-order chi connectivity index (χ0) is 27.1. The second-order valence-corrected chi connectivity index (χ2v) is 8.99. The average Bonchev–Trinajstić information content (AvgIpc) is 2.93. The Bertz CT molecular complexity index is 1290. The number of urea groups is 1. The van der Waals surface area contributed by atoms with Crippen LogP contribution in [0.25, 0.3) is 0 Å². The maximum atomic E-state index is 13.1. The van der Waals surface area contributed by atoms with Gasteiger partial charge in [-0.15, -0.1) is 0 Å². The Balaban J connectivity index is 1.54. The predicted octanol–water partition coefficient (Wildman–Crippen LogP) is 5.50. The molecule has 4 rings (SSSR count). The van der Waals surface area contributed by atoms with Crippen molar-refractivity contribution in [3.8, 4) is 11.5 Å². The molecular weight excluding hydrogens is 508 g/mol. The van der Waals surface area contributed by atoms with Gasteiger partial charge in [0.2, 0.25) is 0 Å². The number of anilines is 4. The van der Waals surface area contributed by atoms with Gasteiger partial charge in [-0.1, -0.05) is 17.7 Å². The molecule has 1 aliphatic heterocycles. The molecule has 0 aromatic heterocycles. The molecule has 0 aliphatic carbocycles. The molecule has 0 spiro atoms. The summed E-state index contributed by atoms with van der Waals surface area (Å²) >= 11 is 6.18. The van der Waals surface area contributed by atoms with Crippen LogP contribution in [0.15, 0.2) is 60.7 Å².